The molecule has 0 aromatic heterocycles. The van der Waals surface area contributed by atoms with E-state index in [4.69, 9.17) is 5.11 Å². The molecule has 0 heterocycles. The molecule has 0 fully saturated rings. The van der Waals surface area contributed by atoms with Gasteiger partial charge in [-0.15, -0.1) is 0 Å². The summed E-state index contributed by atoms with van der Waals surface area (Å²) in [6.07, 6.45) is 3.47. The van der Waals surface area contributed by atoms with Crippen LogP contribution in [-0.4, -0.2) is 17.6 Å². The molecule has 0 aliphatic rings. The van der Waals surface area contributed by atoms with Crippen molar-refractivity contribution in [2.75, 3.05) is 6.54 Å². The molecule has 0 aliphatic carbocycles. The number of aliphatic carboxylic acids is 1. The van der Waals surface area contributed by atoms with Gasteiger partial charge in [0.25, 0.3) is 0 Å². The van der Waals surface area contributed by atoms with E-state index in [2.05, 4.69) is 5.73 Å². The smallest absolute Gasteiger partial charge is 0.327 e. The fourth-order valence-electron chi connectivity index (χ4n) is 0.302. The van der Waals surface area contributed by atoms with Gasteiger partial charge < -0.3 is 10.8 Å². The Morgan fingerprint density at radius 2 is 2.38 bits per heavy atom. The standard InChI is InChI=1S/C5H9NO2/c6-4-2-1-3-5(7)8/h1,3H,2,4,6H2,(H,7,8)/p+1/b3-1+. The molecule has 0 unspecified atom stereocenters. The van der Waals surface area contributed by atoms with Crippen molar-refractivity contribution in [3.63, 3.8) is 0 Å². The average molecular weight is 116 g/mol. The van der Waals surface area contributed by atoms with Gasteiger partial charge in [0.2, 0.25) is 0 Å². The van der Waals surface area contributed by atoms with Gasteiger partial charge in [-0.05, 0) is 0 Å². The molecular formula is C5H10NO2+. The van der Waals surface area contributed by atoms with Gasteiger partial charge in [0.15, 0.2) is 0 Å². The SMILES string of the molecule is [NH3+]CC/C=C/C(=O)O. The maximum atomic E-state index is 9.77. The van der Waals surface area contributed by atoms with Crippen LogP contribution in [0.2, 0.25) is 0 Å². The van der Waals surface area contributed by atoms with Gasteiger partial charge >= 0.3 is 5.97 Å². The normalized spacial score (nSPS) is 10.1. The molecule has 0 aromatic rings. The van der Waals surface area contributed by atoms with E-state index in [1.54, 1.807) is 6.08 Å². The second-order valence-electron chi connectivity index (χ2n) is 1.38. The third-order valence-corrected chi connectivity index (χ3v) is 0.631. The summed E-state index contributed by atoms with van der Waals surface area (Å²) >= 11 is 0. The molecular weight excluding hydrogens is 106 g/mol. The predicted octanol–water partition coefficient (Wildman–Crippen LogP) is -0.741. The Morgan fingerprint density at radius 3 is 2.75 bits per heavy atom. The lowest BCUT2D eigenvalue weighted by Gasteiger charge is -1.78. The van der Waals surface area contributed by atoms with Gasteiger partial charge in [0.05, 0.1) is 6.54 Å². The van der Waals surface area contributed by atoms with Crippen LogP contribution in [0.25, 0.3) is 0 Å². The van der Waals surface area contributed by atoms with E-state index in [0.717, 1.165) is 19.0 Å². The first kappa shape index (κ1) is 7.17. The number of carboxylic acid groups (broad SMARTS) is 1. The molecule has 3 nitrogen and oxygen atoms in total. The molecule has 0 amide bonds. The summed E-state index contributed by atoms with van der Waals surface area (Å²) in [5.74, 6) is -0.890. The van der Waals surface area contributed by atoms with Crippen LogP contribution in [0, 0.1) is 0 Å². The Balaban J connectivity index is 3.20. The molecule has 0 aliphatic heterocycles. The van der Waals surface area contributed by atoms with Gasteiger partial charge in [0, 0.05) is 12.5 Å². The van der Waals surface area contributed by atoms with Crippen LogP contribution in [0.4, 0.5) is 0 Å². The van der Waals surface area contributed by atoms with Crippen LogP contribution in [0.3, 0.4) is 0 Å². The molecule has 0 saturated heterocycles. The van der Waals surface area contributed by atoms with Crippen molar-refractivity contribution in [3.8, 4) is 0 Å². The summed E-state index contributed by atoms with van der Waals surface area (Å²) < 4.78 is 0. The van der Waals surface area contributed by atoms with Crippen molar-refractivity contribution in [2.24, 2.45) is 0 Å². The van der Waals surface area contributed by atoms with Gasteiger partial charge in [-0.25, -0.2) is 4.79 Å². The number of carboxylic acids is 1. The molecule has 0 atom stereocenters. The Labute approximate surface area is 47.8 Å². The van der Waals surface area contributed by atoms with Crippen molar-refractivity contribution in [3.05, 3.63) is 12.2 Å². The molecule has 0 rings (SSSR count). The number of hydrogen-bond donors (Lipinski definition) is 2. The highest BCUT2D eigenvalue weighted by atomic mass is 16.4. The summed E-state index contributed by atoms with van der Waals surface area (Å²) in [7, 11) is 0. The molecule has 0 saturated carbocycles. The lowest BCUT2D eigenvalue weighted by atomic mass is 10.4. The molecule has 0 aromatic carbocycles. The monoisotopic (exact) mass is 116 g/mol. The molecule has 46 valence electrons. The minimum absolute atomic E-state index is 0.742. The van der Waals surface area contributed by atoms with E-state index in [1.165, 1.54) is 0 Å². The highest BCUT2D eigenvalue weighted by molar-refractivity contribution is 5.79. The highest BCUT2D eigenvalue weighted by Gasteiger charge is 1.82. The largest absolute Gasteiger partial charge is 0.478 e. The van der Waals surface area contributed by atoms with Gasteiger partial charge in [-0.3, -0.25) is 0 Å². The number of rotatable bonds is 3. The Hall–Kier alpha value is -0.830. The summed E-state index contributed by atoms with van der Waals surface area (Å²) in [6, 6.07) is 0. The van der Waals surface area contributed by atoms with Crippen LogP contribution in [0.5, 0.6) is 0 Å². The zero-order valence-corrected chi connectivity index (χ0v) is 4.63. The van der Waals surface area contributed by atoms with Gasteiger partial charge in [-0.1, -0.05) is 6.08 Å². The van der Waals surface area contributed by atoms with Crippen molar-refractivity contribution >= 4 is 5.97 Å². The maximum Gasteiger partial charge on any atom is 0.327 e. The van der Waals surface area contributed by atoms with E-state index in [-0.39, 0.29) is 0 Å². The molecule has 0 spiro atoms. The fraction of sp³-hybridized carbons (Fsp3) is 0.400. The number of quaternary nitrogens is 1. The summed E-state index contributed by atoms with van der Waals surface area (Å²) in [4.78, 5) is 9.77. The van der Waals surface area contributed by atoms with Crippen LogP contribution in [0.15, 0.2) is 12.2 Å². The Kier molecular flexibility index (Phi) is 3.88. The summed E-state index contributed by atoms with van der Waals surface area (Å²) in [5.41, 5.74) is 3.54. The third-order valence-electron chi connectivity index (χ3n) is 0.631. The maximum absolute atomic E-state index is 9.77. The van der Waals surface area contributed by atoms with Crippen LogP contribution < -0.4 is 5.73 Å². The van der Waals surface area contributed by atoms with Crippen molar-refractivity contribution in [1.29, 1.82) is 0 Å². The number of hydrogen-bond acceptors (Lipinski definition) is 1. The lowest BCUT2D eigenvalue weighted by molar-refractivity contribution is -0.366. The second-order valence-corrected chi connectivity index (χ2v) is 1.38. The van der Waals surface area contributed by atoms with Crippen LogP contribution >= 0.6 is 0 Å². The highest BCUT2D eigenvalue weighted by Crippen LogP contribution is 1.76. The first-order valence-corrected chi connectivity index (χ1v) is 2.46. The van der Waals surface area contributed by atoms with Crippen molar-refractivity contribution in [1.82, 2.24) is 0 Å². The first-order valence-electron chi connectivity index (χ1n) is 2.46. The van der Waals surface area contributed by atoms with E-state index in [1.807, 2.05) is 0 Å². The Bertz CT molecular complexity index is 98.6. The minimum atomic E-state index is -0.890. The second kappa shape index (κ2) is 4.33. The average Bonchev–Trinajstić information content (AvgIpc) is 1.66. The fourth-order valence-corrected chi connectivity index (χ4v) is 0.302. The minimum Gasteiger partial charge on any atom is -0.478 e. The van der Waals surface area contributed by atoms with Gasteiger partial charge in [-0.2, -0.15) is 0 Å². The Morgan fingerprint density at radius 1 is 1.75 bits per heavy atom. The van der Waals surface area contributed by atoms with E-state index < -0.39 is 5.97 Å². The molecule has 0 radical (unpaired) electrons. The van der Waals surface area contributed by atoms with Crippen LogP contribution in [-0.2, 0) is 4.79 Å². The van der Waals surface area contributed by atoms with Gasteiger partial charge in [0.1, 0.15) is 0 Å². The molecule has 4 N–H and O–H groups in total. The summed E-state index contributed by atoms with van der Waals surface area (Å²) in [6.45, 7) is 0.754. The molecule has 8 heavy (non-hydrogen) atoms. The van der Waals surface area contributed by atoms with E-state index in [0.29, 0.717) is 0 Å². The van der Waals surface area contributed by atoms with Crippen molar-refractivity contribution in [2.45, 2.75) is 6.42 Å². The topological polar surface area (TPSA) is 64.9 Å². The van der Waals surface area contributed by atoms with E-state index in [9.17, 15) is 4.79 Å². The van der Waals surface area contributed by atoms with Crippen LogP contribution in [0.1, 0.15) is 6.42 Å². The zero-order valence-electron chi connectivity index (χ0n) is 4.63. The van der Waals surface area contributed by atoms with E-state index >= 15 is 0 Å². The lowest BCUT2D eigenvalue weighted by Crippen LogP contribution is -2.49. The molecule has 0 bridgehead atoms. The number of carbonyl (C=O) groups is 1. The van der Waals surface area contributed by atoms with Crippen molar-refractivity contribution < 1.29 is 15.6 Å². The quantitative estimate of drug-likeness (QED) is 0.477. The first-order chi connectivity index (χ1) is 3.77. The summed E-state index contributed by atoms with van der Waals surface area (Å²) in [5, 5.41) is 8.03. The zero-order chi connectivity index (χ0) is 6.41. The molecule has 3 heteroatoms. The predicted molar refractivity (Wildman–Crippen MR) is 29.1 cm³/mol. The third kappa shape index (κ3) is 5.17.